The number of rotatable bonds is 3. The van der Waals surface area contributed by atoms with Gasteiger partial charge in [-0.15, -0.1) is 0 Å². The van der Waals surface area contributed by atoms with E-state index in [4.69, 9.17) is 4.74 Å². The third kappa shape index (κ3) is 2.88. The van der Waals surface area contributed by atoms with Gasteiger partial charge in [0.05, 0.1) is 24.5 Å². The van der Waals surface area contributed by atoms with Gasteiger partial charge < -0.3 is 14.2 Å². The molecular formula is C16H24N4O2. The number of carbonyl (C=O) groups excluding carboxylic acids is 1. The summed E-state index contributed by atoms with van der Waals surface area (Å²) in [6.07, 6.45) is 7.17. The summed E-state index contributed by atoms with van der Waals surface area (Å²) in [6, 6.07) is 0.160. The van der Waals surface area contributed by atoms with Gasteiger partial charge in [-0.1, -0.05) is 6.92 Å². The lowest BCUT2D eigenvalue weighted by molar-refractivity contribution is -0.130. The van der Waals surface area contributed by atoms with Gasteiger partial charge in [-0.3, -0.25) is 9.69 Å². The average Bonchev–Trinajstić information content (AvgIpc) is 3.00. The van der Waals surface area contributed by atoms with E-state index in [-0.39, 0.29) is 11.9 Å². The molecule has 2 aliphatic rings. The fraction of sp³-hybridized carbons (Fsp3) is 0.625. The lowest BCUT2D eigenvalue weighted by Crippen LogP contribution is -2.51. The molecule has 120 valence electrons. The van der Waals surface area contributed by atoms with Crippen molar-refractivity contribution >= 4 is 5.91 Å². The molecule has 1 unspecified atom stereocenters. The van der Waals surface area contributed by atoms with Crippen LogP contribution in [0.15, 0.2) is 24.2 Å². The van der Waals surface area contributed by atoms with Crippen molar-refractivity contribution < 1.29 is 9.53 Å². The smallest absolute Gasteiger partial charge is 0.252 e. The van der Waals surface area contributed by atoms with Gasteiger partial charge in [0.2, 0.25) is 0 Å². The van der Waals surface area contributed by atoms with Gasteiger partial charge in [0, 0.05) is 39.1 Å². The number of amides is 1. The molecule has 6 heteroatoms. The zero-order chi connectivity index (χ0) is 15.5. The lowest BCUT2D eigenvalue weighted by Gasteiger charge is -2.40. The summed E-state index contributed by atoms with van der Waals surface area (Å²) in [6.45, 7) is 6.18. The highest BCUT2D eigenvalue weighted by Crippen LogP contribution is 2.25. The summed E-state index contributed by atoms with van der Waals surface area (Å²) in [5, 5.41) is 0. The van der Waals surface area contributed by atoms with Crippen LogP contribution in [0.25, 0.3) is 0 Å². The number of hydrogen-bond donors (Lipinski definition) is 0. The monoisotopic (exact) mass is 304 g/mol. The molecule has 0 aromatic carbocycles. The normalized spacial score (nSPS) is 23.1. The predicted octanol–water partition coefficient (Wildman–Crippen LogP) is 1.32. The van der Waals surface area contributed by atoms with E-state index in [0.29, 0.717) is 6.54 Å². The Morgan fingerprint density at radius 2 is 2.32 bits per heavy atom. The van der Waals surface area contributed by atoms with Crippen molar-refractivity contribution in [3.8, 4) is 0 Å². The highest BCUT2D eigenvalue weighted by atomic mass is 16.5. The van der Waals surface area contributed by atoms with Crippen LogP contribution in [0.1, 0.15) is 31.6 Å². The zero-order valence-electron chi connectivity index (χ0n) is 13.4. The molecular weight excluding hydrogens is 280 g/mol. The molecule has 0 bridgehead atoms. The summed E-state index contributed by atoms with van der Waals surface area (Å²) in [5.74, 6) is 1.14. The minimum absolute atomic E-state index is 0.120. The molecule has 2 aliphatic heterocycles. The van der Waals surface area contributed by atoms with Gasteiger partial charge in [0.25, 0.3) is 5.91 Å². The number of imidazole rings is 1. The first-order valence-electron chi connectivity index (χ1n) is 8.02. The van der Waals surface area contributed by atoms with Crippen LogP contribution in [-0.2, 0) is 16.6 Å². The summed E-state index contributed by atoms with van der Waals surface area (Å²) < 4.78 is 7.36. The van der Waals surface area contributed by atoms with E-state index >= 15 is 0 Å². The van der Waals surface area contributed by atoms with Gasteiger partial charge >= 0.3 is 0 Å². The number of hydrogen-bond acceptors (Lipinski definition) is 4. The summed E-state index contributed by atoms with van der Waals surface area (Å²) >= 11 is 0. The number of nitrogens with zero attached hydrogens (tertiary/aromatic N) is 4. The second kappa shape index (κ2) is 6.52. The van der Waals surface area contributed by atoms with Gasteiger partial charge in [-0.25, -0.2) is 4.98 Å². The molecule has 0 spiro atoms. The van der Waals surface area contributed by atoms with Crippen molar-refractivity contribution in [3.05, 3.63) is 30.1 Å². The van der Waals surface area contributed by atoms with Crippen LogP contribution >= 0.6 is 0 Å². The minimum atomic E-state index is 0.120. The third-order valence-electron chi connectivity index (χ3n) is 4.55. The SMILES string of the molecule is CCN1CCN(C(=O)C2=COCCC2)CC1c1nccn1C. The van der Waals surface area contributed by atoms with Crippen LogP contribution in [-0.4, -0.2) is 58.0 Å². The first-order chi connectivity index (χ1) is 10.7. The Hall–Kier alpha value is -1.82. The molecule has 1 aromatic rings. The Kier molecular flexibility index (Phi) is 4.47. The average molecular weight is 304 g/mol. The molecule has 1 saturated heterocycles. The number of likely N-dealkylation sites (N-methyl/N-ethyl adjacent to an activating group) is 1. The number of carbonyl (C=O) groups is 1. The van der Waals surface area contributed by atoms with E-state index in [1.165, 1.54) is 0 Å². The Balaban J connectivity index is 1.77. The second-order valence-corrected chi connectivity index (χ2v) is 5.91. The molecule has 1 aromatic heterocycles. The van der Waals surface area contributed by atoms with Crippen molar-refractivity contribution in [1.29, 1.82) is 0 Å². The highest BCUT2D eigenvalue weighted by molar-refractivity contribution is 5.93. The topological polar surface area (TPSA) is 50.6 Å². The Bertz CT molecular complexity index is 566. The maximum Gasteiger partial charge on any atom is 0.252 e. The van der Waals surface area contributed by atoms with E-state index in [1.54, 1.807) is 6.26 Å². The molecule has 1 amide bonds. The standard InChI is InChI=1S/C16H24N4O2/c1-3-19-8-9-20(16(21)13-5-4-10-22-12-13)11-14(19)15-17-6-7-18(15)2/h6-7,12,14H,3-5,8-11H2,1-2H3. The number of piperazine rings is 1. The molecule has 3 rings (SSSR count). The maximum absolute atomic E-state index is 12.7. The van der Waals surface area contributed by atoms with Gasteiger partial charge in [-0.2, -0.15) is 0 Å². The Morgan fingerprint density at radius 1 is 1.45 bits per heavy atom. The quantitative estimate of drug-likeness (QED) is 0.845. The fourth-order valence-electron chi connectivity index (χ4n) is 3.25. The number of aryl methyl sites for hydroxylation is 1. The highest BCUT2D eigenvalue weighted by Gasteiger charge is 2.33. The van der Waals surface area contributed by atoms with E-state index in [0.717, 1.165) is 50.5 Å². The molecule has 0 radical (unpaired) electrons. The first-order valence-corrected chi connectivity index (χ1v) is 8.02. The number of ether oxygens (including phenoxy) is 1. The van der Waals surface area contributed by atoms with Crippen LogP contribution in [0.4, 0.5) is 0 Å². The van der Waals surface area contributed by atoms with Crippen LogP contribution in [0, 0.1) is 0 Å². The summed E-state index contributed by atoms with van der Waals surface area (Å²) in [4.78, 5) is 21.5. The van der Waals surface area contributed by atoms with Crippen LogP contribution in [0.5, 0.6) is 0 Å². The number of aromatic nitrogens is 2. The Morgan fingerprint density at radius 3 is 2.95 bits per heavy atom. The lowest BCUT2D eigenvalue weighted by atomic mass is 10.1. The molecule has 0 N–H and O–H groups in total. The van der Waals surface area contributed by atoms with E-state index < -0.39 is 0 Å². The Labute approximate surface area is 131 Å². The zero-order valence-corrected chi connectivity index (χ0v) is 13.4. The van der Waals surface area contributed by atoms with E-state index in [1.807, 2.05) is 28.9 Å². The van der Waals surface area contributed by atoms with Crippen LogP contribution in [0.2, 0.25) is 0 Å². The molecule has 1 fully saturated rings. The van der Waals surface area contributed by atoms with Crippen molar-refractivity contribution in [2.75, 3.05) is 32.8 Å². The third-order valence-corrected chi connectivity index (χ3v) is 4.55. The fourth-order valence-corrected chi connectivity index (χ4v) is 3.25. The second-order valence-electron chi connectivity index (χ2n) is 5.91. The predicted molar refractivity (Wildman–Crippen MR) is 83.0 cm³/mol. The first kappa shape index (κ1) is 15.1. The van der Waals surface area contributed by atoms with Gasteiger partial charge in [0.1, 0.15) is 5.82 Å². The largest absolute Gasteiger partial charge is 0.501 e. The molecule has 1 atom stereocenters. The van der Waals surface area contributed by atoms with Crippen molar-refractivity contribution in [2.24, 2.45) is 7.05 Å². The molecule has 22 heavy (non-hydrogen) atoms. The van der Waals surface area contributed by atoms with Crippen LogP contribution in [0.3, 0.4) is 0 Å². The van der Waals surface area contributed by atoms with Gasteiger partial charge in [0.15, 0.2) is 0 Å². The molecule has 3 heterocycles. The van der Waals surface area contributed by atoms with Gasteiger partial charge in [-0.05, 0) is 19.4 Å². The molecule has 6 nitrogen and oxygen atoms in total. The summed E-state index contributed by atoms with van der Waals surface area (Å²) in [5.41, 5.74) is 0.801. The maximum atomic E-state index is 12.7. The summed E-state index contributed by atoms with van der Waals surface area (Å²) in [7, 11) is 2.01. The van der Waals surface area contributed by atoms with Crippen molar-refractivity contribution in [2.45, 2.75) is 25.8 Å². The molecule has 0 aliphatic carbocycles. The van der Waals surface area contributed by atoms with Crippen LogP contribution < -0.4 is 0 Å². The van der Waals surface area contributed by atoms with Crippen molar-refractivity contribution in [3.63, 3.8) is 0 Å². The van der Waals surface area contributed by atoms with Crippen molar-refractivity contribution in [1.82, 2.24) is 19.4 Å². The van der Waals surface area contributed by atoms with E-state index in [9.17, 15) is 4.79 Å². The van der Waals surface area contributed by atoms with E-state index in [2.05, 4.69) is 16.8 Å². The minimum Gasteiger partial charge on any atom is -0.501 e. The molecule has 0 saturated carbocycles.